The zero-order chi connectivity index (χ0) is 11.6. The minimum Gasteiger partial charge on any atom is -0.245 e. The van der Waals surface area contributed by atoms with Gasteiger partial charge in [-0.05, 0) is 23.5 Å². The Balaban J connectivity index is 3.40. The van der Waals surface area contributed by atoms with Crippen molar-refractivity contribution in [3.05, 3.63) is 22.9 Å². The van der Waals surface area contributed by atoms with Crippen LogP contribution in [0.15, 0.2) is 11.1 Å². The predicted octanol–water partition coefficient (Wildman–Crippen LogP) is 3.60. The van der Waals surface area contributed by atoms with E-state index in [9.17, 15) is 0 Å². The Morgan fingerprint density at radius 1 is 1.27 bits per heavy atom. The molecule has 0 unspecified atom stereocenters. The fraction of sp³-hybridized carbons (Fsp3) is 0.462. The summed E-state index contributed by atoms with van der Waals surface area (Å²) in [6.45, 7) is 8.51. The molecule has 1 aromatic heterocycles. The smallest absolute Gasteiger partial charge is 0.109 e. The highest BCUT2D eigenvalue weighted by Gasteiger charge is 2.12. The number of nitrogens with zero attached hydrogens (tertiary/aromatic N) is 1. The van der Waals surface area contributed by atoms with Crippen LogP contribution in [-0.4, -0.2) is 4.98 Å². The summed E-state index contributed by atoms with van der Waals surface area (Å²) < 4.78 is 0. The molecule has 0 aliphatic carbocycles. The highest BCUT2D eigenvalue weighted by atomic mass is 32.1. The zero-order valence-corrected chi connectivity index (χ0v) is 10.6. The van der Waals surface area contributed by atoms with Crippen LogP contribution >= 0.6 is 12.6 Å². The Kier molecular flexibility index (Phi) is 3.82. The molecular weight excluding hydrogens is 202 g/mol. The summed E-state index contributed by atoms with van der Waals surface area (Å²) in [4.78, 5) is 4.41. The molecule has 0 fully saturated rings. The summed E-state index contributed by atoms with van der Waals surface area (Å²) in [7, 11) is 0. The van der Waals surface area contributed by atoms with Crippen molar-refractivity contribution in [1.29, 1.82) is 0 Å². The molecule has 0 aliphatic rings. The SMILES string of the molecule is C#Cc1c(C(C)C)cc(C(C)C)nc1S. The molecule has 0 aromatic carbocycles. The van der Waals surface area contributed by atoms with E-state index in [2.05, 4.69) is 57.3 Å². The van der Waals surface area contributed by atoms with E-state index in [1.807, 2.05) is 0 Å². The van der Waals surface area contributed by atoms with Crippen molar-refractivity contribution in [3.63, 3.8) is 0 Å². The minimum absolute atomic E-state index is 0.403. The van der Waals surface area contributed by atoms with E-state index in [1.54, 1.807) is 0 Å². The number of thiol groups is 1. The van der Waals surface area contributed by atoms with Crippen LogP contribution in [0.5, 0.6) is 0 Å². The van der Waals surface area contributed by atoms with Crippen molar-refractivity contribution in [2.75, 3.05) is 0 Å². The Hall–Kier alpha value is -0.940. The summed E-state index contributed by atoms with van der Waals surface area (Å²) in [6, 6.07) is 2.10. The number of terminal acetylenes is 1. The topological polar surface area (TPSA) is 12.9 Å². The van der Waals surface area contributed by atoms with Gasteiger partial charge in [0.15, 0.2) is 0 Å². The molecule has 0 saturated carbocycles. The van der Waals surface area contributed by atoms with E-state index in [4.69, 9.17) is 6.42 Å². The lowest BCUT2D eigenvalue weighted by Gasteiger charge is -2.14. The predicted molar refractivity (Wildman–Crippen MR) is 67.6 cm³/mol. The van der Waals surface area contributed by atoms with Gasteiger partial charge in [-0.15, -0.1) is 19.1 Å². The van der Waals surface area contributed by atoms with Crippen LogP contribution in [0.25, 0.3) is 0 Å². The number of rotatable bonds is 2. The van der Waals surface area contributed by atoms with Gasteiger partial charge < -0.3 is 0 Å². The third kappa shape index (κ3) is 2.54. The normalized spacial score (nSPS) is 10.8. The van der Waals surface area contributed by atoms with Crippen LogP contribution in [0.1, 0.15) is 56.4 Å². The van der Waals surface area contributed by atoms with Crippen molar-refractivity contribution in [2.24, 2.45) is 0 Å². The molecule has 0 aliphatic heterocycles. The lowest BCUT2D eigenvalue weighted by molar-refractivity contribution is 0.775. The Morgan fingerprint density at radius 3 is 2.27 bits per heavy atom. The summed E-state index contributed by atoms with van der Waals surface area (Å²) in [5.41, 5.74) is 3.06. The molecule has 0 N–H and O–H groups in total. The number of hydrogen-bond donors (Lipinski definition) is 1. The average molecular weight is 219 g/mol. The Labute approximate surface area is 97.7 Å². The zero-order valence-electron chi connectivity index (χ0n) is 9.70. The van der Waals surface area contributed by atoms with Gasteiger partial charge in [0.25, 0.3) is 0 Å². The average Bonchev–Trinajstić information content (AvgIpc) is 2.16. The second-order valence-corrected chi connectivity index (χ2v) is 4.71. The Morgan fingerprint density at radius 2 is 1.87 bits per heavy atom. The fourth-order valence-corrected chi connectivity index (χ4v) is 1.78. The van der Waals surface area contributed by atoms with E-state index < -0.39 is 0 Å². The van der Waals surface area contributed by atoms with Gasteiger partial charge in [0.2, 0.25) is 0 Å². The van der Waals surface area contributed by atoms with E-state index in [0.29, 0.717) is 16.9 Å². The summed E-state index contributed by atoms with van der Waals surface area (Å²) in [5.74, 6) is 3.48. The van der Waals surface area contributed by atoms with Crippen LogP contribution in [-0.2, 0) is 0 Å². The van der Waals surface area contributed by atoms with Gasteiger partial charge in [-0.3, -0.25) is 0 Å². The third-order valence-electron chi connectivity index (χ3n) is 2.41. The third-order valence-corrected chi connectivity index (χ3v) is 2.73. The molecular formula is C13H17NS. The first-order valence-corrected chi connectivity index (χ1v) is 5.62. The monoisotopic (exact) mass is 219 g/mol. The first kappa shape index (κ1) is 12.1. The molecule has 15 heavy (non-hydrogen) atoms. The summed E-state index contributed by atoms with van der Waals surface area (Å²) >= 11 is 4.35. The maximum absolute atomic E-state index is 5.48. The fourth-order valence-electron chi connectivity index (χ4n) is 1.47. The summed E-state index contributed by atoms with van der Waals surface area (Å²) in [6.07, 6.45) is 5.48. The first-order valence-electron chi connectivity index (χ1n) is 5.17. The van der Waals surface area contributed by atoms with Gasteiger partial charge in [0.1, 0.15) is 5.03 Å². The highest BCUT2D eigenvalue weighted by Crippen LogP contribution is 2.26. The lowest BCUT2D eigenvalue weighted by atomic mass is 9.96. The second-order valence-electron chi connectivity index (χ2n) is 4.29. The van der Waals surface area contributed by atoms with Crippen molar-refractivity contribution in [1.82, 2.24) is 4.98 Å². The molecule has 2 heteroatoms. The molecule has 1 nitrogen and oxygen atoms in total. The van der Waals surface area contributed by atoms with Gasteiger partial charge in [-0.1, -0.05) is 33.6 Å². The van der Waals surface area contributed by atoms with Crippen LogP contribution in [0.4, 0.5) is 0 Å². The molecule has 1 aromatic rings. The van der Waals surface area contributed by atoms with Crippen molar-refractivity contribution >= 4 is 12.6 Å². The number of aromatic nitrogens is 1. The molecule has 0 atom stereocenters. The molecule has 0 amide bonds. The Bertz CT molecular complexity index is 400. The van der Waals surface area contributed by atoms with Crippen LogP contribution in [0, 0.1) is 12.3 Å². The van der Waals surface area contributed by atoms with Gasteiger partial charge >= 0.3 is 0 Å². The standard InChI is InChI=1S/C13H17NS/c1-6-10-11(8(2)3)7-12(9(4)5)14-13(10)15/h1,7-9H,2-5H3,(H,14,15). The van der Waals surface area contributed by atoms with Crippen molar-refractivity contribution < 1.29 is 0 Å². The molecule has 0 saturated heterocycles. The van der Waals surface area contributed by atoms with Gasteiger partial charge in [0, 0.05) is 5.69 Å². The van der Waals surface area contributed by atoms with Crippen LogP contribution in [0.2, 0.25) is 0 Å². The van der Waals surface area contributed by atoms with Gasteiger partial charge in [-0.2, -0.15) is 0 Å². The molecule has 0 radical (unpaired) electrons. The maximum atomic E-state index is 5.48. The van der Waals surface area contributed by atoms with Crippen molar-refractivity contribution in [2.45, 2.75) is 44.6 Å². The number of pyridine rings is 1. The van der Waals surface area contributed by atoms with Gasteiger partial charge in [0.05, 0.1) is 5.56 Å². The van der Waals surface area contributed by atoms with E-state index in [0.717, 1.165) is 11.3 Å². The van der Waals surface area contributed by atoms with Crippen LogP contribution in [0.3, 0.4) is 0 Å². The molecule has 0 spiro atoms. The maximum Gasteiger partial charge on any atom is 0.109 e. The first-order chi connectivity index (χ1) is 6.97. The molecule has 80 valence electrons. The largest absolute Gasteiger partial charge is 0.245 e. The minimum atomic E-state index is 0.403. The second kappa shape index (κ2) is 4.72. The highest BCUT2D eigenvalue weighted by molar-refractivity contribution is 7.80. The van der Waals surface area contributed by atoms with Crippen LogP contribution < -0.4 is 0 Å². The van der Waals surface area contributed by atoms with E-state index in [-0.39, 0.29) is 0 Å². The van der Waals surface area contributed by atoms with E-state index >= 15 is 0 Å². The lowest BCUT2D eigenvalue weighted by Crippen LogP contribution is -2.02. The number of hydrogen-bond acceptors (Lipinski definition) is 2. The van der Waals surface area contributed by atoms with Crippen molar-refractivity contribution in [3.8, 4) is 12.3 Å². The van der Waals surface area contributed by atoms with Gasteiger partial charge in [-0.25, -0.2) is 4.98 Å². The van der Waals surface area contributed by atoms with E-state index in [1.165, 1.54) is 5.56 Å². The molecule has 1 heterocycles. The summed E-state index contributed by atoms with van der Waals surface area (Å²) in [5, 5.41) is 0.674. The molecule has 0 bridgehead atoms. The quantitative estimate of drug-likeness (QED) is 0.592. The molecule has 1 rings (SSSR count).